The van der Waals surface area contributed by atoms with E-state index in [9.17, 15) is 14.4 Å². The Hall–Kier alpha value is -4.38. The third-order valence-electron chi connectivity index (χ3n) is 6.89. The fourth-order valence-corrected chi connectivity index (χ4v) is 6.07. The first-order valence-electron chi connectivity index (χ1n) is 14.3. The molecule has 1 heterocycles. The van der Waals surface area contributed by atoms with E-state index in [1.807, 2.05) is 6.92 Å². The first-order chi connectivity index (χ1) is 20.7. The number of carbonyl (C=O) groups excluding carboxylic acids is 3. The predicted molar refractivity (Wildman–Crippen MR) is 166 cm³/mol. The lowest BCUT2D eigenvalue weighted by Crippen LogP contribution is -2.33. The highest BCUT2D eigenvalue weighted by molar-refractivity contribution is 7.17. The minimum atomic E-state index is -0.848. The average Bonchev–Trinajstić information content (AvgIpc) is 3.35. The molecule has 3 aromatic rings. The third kappa shape index (κ3) is 7.92. The summed E-state index contributed by atoms with van der Waals surface area (Å²) in [6.07, 6.45) is 3.30. The van der Waals surface area contributed by atoms with Gasteiger partial charge in [-0.25, -0.2) is 10.2 Å². The number of rotatable bonds is 12. The van der Waals surface area contributed by atoms with Crippen LogP contribution in [0.4, 0.5) is 5.00 Å². The zero-order chi connectivity index (χ0) is 30.9. The average molecular weight is 608 g/mol. The lowest BCUT2D eigenvalue weighted by atomic mass is 9.88. The first-order valence-corrected chi connectivity index (χ1v) is 15.1. The van der Waals surface area contributed by atoms with E-state index in [2.05, 4.69) is 22.8 Å². The number of amides is 2. The Balaban J connectivity index is 1.35. The summed E-state index contributed by atoms with van der Waals surface area (Å²) in [6, 6.07) is 11.8. The number of nitrogens with zero attached hydrogens (tertiary/aromatic N) is 1. The van der Waals surface area contributed by atoms with Crippen molar-refractivity contribution in [3.05, 3.63) is 69.6 Å². The number of hydrogen-bond acceptors (Lipinski definition) is 9. The molecule has 11 heteroatoms. The van der Waals surface area contributed by atoms with Crippen LogP contribution in [0.5, 0.6) is 17.2 Å². The molecule has 0 spiro atoms. The number of methoxy groups -OCH3 is 1. The highest BCUT2D eigenvalue weighted by Crippen LogP contribution is 2.40. The fraction of sp³-hybridized carbons (Fsp3) is 0.375. The number of ether oxygens (including phenoxy) is 4. The number of thiophene rings is 1. The molecule has 1 aliphatic carbocycles. The molecular formula is C32H37N3O7S. The van der Waals surface area contributed by atoms with Crippen molar-refractivity contribution in [2.24, 2.45) is 11.0 Å². The van der Waals surface area contributed by atoms with Gasteiger partial charge in [0.1, 0.15) is 10.8 Å². The van der Waals surface area contributed by atoms with Gasteiger partial charge in [-0.2, -0.15) is 5.10 Å². The van der Waals surface area contributed by atoms with Gasteiger partial charge >= 0.3 is 5.97 Å². The van der Waals surface area contributed by atoms with Gasteiger partial charge in [-0.05, 0) is 99.5 Å². The van der Waals surface area contributed by atoms with E-state index < -0.39 is 18.0 Å². The number of hydrogen-bond donors (Lipinski definition) is 2. The summed E-state index contributed by atoms with van der Waals surface area (Å²) in [4.78, 5) is 39.5. The summed E-state index contributed by atoms with van der Waals surface area (Å²) in [7, 11) is 1.55. The Labute approximate surface area is 255 Å². The van der Waals surface area contributed by atoms with Crippen LogP contribution < -0.4 is 25.0 Å². The molecule has 0 aliphatic heterocycles. The van der Waals surface area contributed by atoms with Gasteiger partial charge in [0.25, 0.3) is 11.8 Å². The Morgan fingerprint density at radius 2 is 1.86 bits per heavy atom. The van der Waals surface area contributed by atoms with E-state index in [-0.39, 0.29) is 12.5 Å². The highest BCUT2D eigenvalue weighted by Gasteiger charge is 2.29. The van der Waals surface area contributed by atoms with Gasteiger partial charge in [0.15, 0.2) is 17.6 Å². The monoisotopic (exact) mass is 607 g/mol. The van der Waals surface area contributed by atoms with Crippen LogP contribution in [0.2, 0.25) is 0 Å². The molecule has 4 rings (SSSR count). The normalized spacial score (nSPS) is 14.9. The number of anilines is 1. The molecule has 43 heavy (non-hydrogen) atoms. The van der Waals surface area contributed by atoms with Gasteiger partial charge in [0, 0.05) is 10.4 Å². The number of carbonyl (C=O) groups is 3. The molecule has 2 unspecified atom stereocenters. The lowest BCUT2D eigenvalue weighted by Gasteiger charge is -2.18. The van der Waals surface area contributed by atoms with Gasteiger partial charge < -0.3 is 24.3 Å². The topological polar surface area (TPSA) is 125 Å². The van der Waals surface area contributed by atoms with Gasteiger partial charge in [-0.1, -0.05) is 6.92 Å². The van der Waals surface area contributed by atoms with E-state index in [1.54, 1.807) is 63.4 Å². The number of hydrazone groups is 1. The molecule has 2 N–H and O–H groups in total. The lowest BCUT2D eigenvalue weighted by molar-refractivity contribution is -0.127. The van der Waals surface area contributed by atoms with E-state index in [0.717, 1.165) is 35.3 Å². The molecule has 2 atom stereocenters. The maximum atomic E-state index is 13.1. The van der Waals surface area contributed by atoms with Crippen LogP contribution in [0.1, 0.15) is 70.8 Å². The van der Waals surface area contributed by atoms with Crippen LogP contribution in [-0.2, 0) is 22.4 Å². The number of esters is 1. The van der Waals surface area contributed by atoms with Crippen molar-refractivity contribution < 1.29 is 33.3 Å². The second kappa shape index (κ2) is 14.7. The van der Waals surface area contributed by atoms with Gasteiger partial charge in [0.2, 0.25) is 0 Å². The zero-order valence-corrected chi connectivity index (χ0v) is 25.8. The van der Waals surface area contributed by atoms with Crippen molar-refractivity contribution in [2.45, 2.75) is 53.1 Å². The highest BCUT2D eigenvalue weighted by atomic mass is 32.1. The van der Waals surface area contributed by atoms with Crippen molar-refractivity contribution in [1.82, 2.24) is 5.43 Å². The van der Waals surface area contributed by atoms with E-state index in [4.69, 9.17) is 18.9 Å². The van der Waals surface area contributed by atoms with Crippen LogP contribution in [0.3, 0.4) is 0 Å². The SMILES string of the molecule is CCOC(=O)c1c(NC(=O)c2ccc(OC(C)C(=O)N/N=C/c3ccc(OCC)c(OC)c3)cc2)sc2c1CCC(C)C2. The van der Waals surface area contributed by atoms with Crippen LogP contribution >= 0.6 is 11.3 Å². The van der Waals surface area contributed by atoms with Crippen LogP contribution in [0.25, 0.3) is 0 Å². The number of benzene rings is 2. The summed E-state index contributed by atoms with van der Waals surface area (Å²) >= 11 is 1.44. The number of fused-ring (bicyclic) bond motifs is 1. The van der Waals surface area contributed by atoms with Crippen LogP contribution in [0, 0.1) is 5.92 Å². The maximum absolute atomic E-state index is 13.1. The molecule has 0 saturated carbocycles. The molecule has 2 aromatic carbocycles. The van der Waals surface area contributed by atoms with E-state index in [1.165, 1.54) is 17.6 Å². The van der Waals surface area contributed by atoms with E-state index >= 15 is 0 Å². The smallest absolute Gasteiger partial charge is 0.341 e. The first kappa shape index (κ1) is 31.6. The van der Waals surface area contributed by atoms with E-state index in [0.29, 0.717) is 45.9 Å². The molecule has 0 radical (unpaired) electrons. The Morgan fingerprint density at radius 3 is 2.56 bits per heavy atom. The Morgan fingerprint density at radius 1 is 1.09 bits per heavy atom. The van der Waals surface area contributed by atoms with Crippen molar-refractivity contribution >= 4 is 40.3 Å². The Bertz CT molecular complexity index is 1480. The molecule has 2 amide bonds. The minimum absolute atomic E-state index is 0.259. The molecule has 1 aliphatic rings. The van der Waals surface area contributed by atoms with Gasteiger partial charge in [-0.15, -0.1) is 11.3 Å². The standard InChI is InChI=1S/C32H37N3O7S/c1-6-40-25-15-9-21(17-26(25)39-5)18-33-35-29(36)20(4)42-23-12-10-22(11-13-23)30(37)34-31-28(32(38)41-7-2)24-14-8-19(3)16-27(24)43-31/h9-13,15,17-20H,6-8,14,16H2,1-5H3,(H,34,37)(H,35,36)/b33-18+. The summed E-state index contributed by atoms with van der Waals surface area (Å²) in [5, 5.41) is 7.43. The van der Waals surface area contributed by atoms with Crippen molar-refractivity contribution in [3.63, 3.8) is 0 Å². The second-order valence-electron chi connectivity index (χ2n) is 10.1. The molecule has 0 saturated heterocycles. The molecule has 228 valence electrons. The zero-order valence-electron chi connectivity index (χ0n) is 25.0. The maximum Gasteiger partial charge on any atom is 0.341 e. The molecule has 0 fully saturated rings. The van der Waals surface area contributed by atoms with Crippen molar-refractivity contribution in [2.75, 3.05) is 25.6 Å². The fourth-order valence-electron chi connectivity index (χ4n) is 4.68. The van der Waals surface area contributed by atoms with Gasteiger partial charge in [-0.3, -0.25) is 9.59 Å². The van der Waals surface area contributed by atoms with Crippen LogP contribution in [0.15, 0.2) is 47.6 Å². The molecule has 10 nitrogen and oxygen atoms in total. The Kier molecular flexibility index (Phi) is 10.8. The largest absolute Gasteiger partial charge is 0.493 e. The van der Waals surface area contributed by atoms with Crippen LogP contribution in [-0.4, -0.2) is 50.4 Å². The number of nitrogens with one attached hydrogen (secondary N) is 2. The quantitative estimate of drug-likeness (QED) is 0.155. The third-order valence-corrected chi connectivity index (χ3v) is 8.06. The summed E-state index contributed by atoms with van der Waals surface area (Å²) in [5.74, 6) is 0.911. The minimum Gasteiger partial charge on any atom is -0.493 e. The summed E-state index contributed by atoms with van der Waals surface area (Å²) in [6.45, 7) is 8.21. The van der Waals surface area contributed by atoms with Crippen molar-refractivity contribution in [3.8, 4) is 17.2 Å². The molecule has 1 aromatic heterocycles. The summed E-state index contributed by atoms with van der Waals surface area (Å²) in [5.41, 5.74) is 5.01. The molecular weight excluding hydrogens is 570 g/mol. The molecule has 0 bridgehead atoms. The van der Waals surface area contributed by atoms with Crippen molar-refractivity contribution in [1.29, 1.82) is 0 Å². The predicted octanol–water partition coefficient (Wildman–Crippen LogP) is 5.63. The second-order valence-corrected chi connectivity index (χ2v) is 11.2. The summed E-state index contributed by atoms with van der Waals surface area (Å²) < 4.78 is 21.9. The van der Waals surface area contributed by atoms with Gasteiger partial charge in [0.05, 0.1) is 32.1 Å².